The Morgan fingerprint density at radius 1 is 0.886 bits per heavy atom. The zero-order chi connectivity index (χ0) is 25.9. The minimum atomic E-state index is -5.68. The highest BCUT2D eigenvalue weighted by atomic mass is 32.2. The van der Waals surface area contributed by atoms with Crippen molar-refractivity contribution in [2.75, 3.05) is 10.6 Å². The lowest BCUT2D eigenvalue weighted by Gasteiger charge is -2.20. The molecule has 0 aliphatic heterocycles. The third-order valence-electron chi connectivity index (χ3n) is 5.57. The number of amides is 2. The van der Waals surface area contributed by atoms with Crippen LogP contribution in [0.15, 0.2) is 29.2 Å². The van der Waals surface area contributed by atoms with Crippen molar-refractivity contribution in [3.8, 4) is 0 Å². The summed E-state index contributed by atoms with van der Waals surface area (Å²) in [5.41, 5.74) is -3.82. The Hall–Kier alpha value is -2.76. The summed E-state index contributed by atoms with van der Waals surface area (Å²) in [4.78, 5) is 25.2. The van der Waals surface area contributed by atoms with E-state index in [0.29, 0.717) is 10.6 Å². The average Bonchev–Trinajstić information content (AvgIpc) is 2.81. The maximum Gasteiger partial charge on any atom is 0.422 e. The molecule has 0 heterocycles. The molecule has 1 atom stereocenters. The minimum Gasteiger partial charge on any atom is -0.326 e. The number of anilines is 2. The predicted octanol–water partition coefficient (Wildman–Crippen LogP) is 6.90. The molecule has 0 spiro atoms. The Bertz CT molecular complexity index is 1070. The first-order valence-corrected chi connectivity index (χ1v) is 11.6. The molecule has 3 rings (SSSR count). The van der Waals surface area contributed by atoms with Crippen LogP contribution in [-0.2, 0) is 15.8 Å². The van der Waals surface area contributed by atoms with Crippen molar-refractivity contribution in [3.05, 3.63) is 53.1 Å². The summed E-state index contributed by atoms with van der Waals surface area (Å²) in [7, 11) is 0. The van der Waals surface area contributed by atoms with Crippen LogP contribution in [0.4, 0.5) is 42.1 Å². The lowest BCUT2D eigenvalue weighted by molar-refractivity contribution is -0.143. The van der Waals surface area contributed by atoms with Gasteiger partial charge in [-0.05, 0) is 44.0 Å². The minimum absolute atomic E-state index is 0.0396. The lowest BCUT2D eigenvalue weighted by atomic mass is 9.88. The van der Waals surface area contributed by atoms with E-state index in [-0.39, 0.29) is 11.8 Å². The second-order valence-electron chi connectivity index (χ2n) is 8.10. The van der Waals surface area contributed by atoms with Gasteiger partial charge in [-0.2, -0.15) is 13.2 Å². The van der Waals surface area contributed by atoms with Gasteiger partial charge in [0, 0.05) is 16.5 Å². The summed E-state index contributed by atoms with van der Waals surface area (Å²) in [5, 5.41) is 3.39. The second kappa shape index (κ2) is 10.9. The fourth-order valence-corrected chi connectivity index (χ4v) is 4.57. The van der Waals surface area contributed by atoms with Crippen LogP contribution in [0.2, 0.25) is 0 Å². The smallest absolute Gasteiger partial charge is 0.326 e. The van der Waals surface area contributed by atoms with Gasteiger partial charge in [0.15, 0.2) is 23.3 Å². The normalized spacial score (nSPS) is 15.5. The number of halogens is 7. The van der Waals surface area contributed by atoms with E-state index in [1.165, 1.54) is 6.92 Å². The zero-order valence-corrected chi connectivity index (χ0v) is 19.2. The number of carbonyl (C=O) groups excluding carboxylic acids is 2. The lowest BCUT2D eigenvalue weighted by Crippen LogP contribution is -2.25. The third-order valence-corrected chi connectivity index (χ3v) is 6.69. The van der Waals surface area contributed by atoms with Crippen molar-refractivity contribution in [2.45, 2.75) is 55.3 Å². The molecule has 1 fully saturated rings. The predicted molar refractivity (Wildman–Crippen MR) is 117 cm³/mol. The molecule has 0 bridgehead atoms. The Kier molecular flexibility index (Phi) is 8.34. The van der Waals surface area contributed by atoms with Crippen LogP contribution in [0.3, 0.4) is 0 Å². The summed E-state index contributed by atoms with van der Waals surface area (Å²) >= 11 is 0.917. The van der Waals surface area contributed by atoms with Crippen LogP contribution in [0, 0.1) is 29.2 Å². The first-order valence-electron chi connectivity index (χ1n) is 10.7. The molecule has 1 unspecified atom stereocenters. The molecule has 1 aliphatic rings. The van der Waals surface area contributed by atoms with Gasteiger partial charge < -0.3 is 10.6 Å². The number of benzene rings is 2. The topological polar surface area (TPSA) is 58.2 Å². The Morgan fingerprint density at radius 2 is 1.43 bits per heavy atom. The number of nitrogens with one attached hydrogen (secondary N) is 2. The van der Waals surface area contributed by atoms with E-state index in [1.807, 2.05) is 0 Å². The summed E-state index contributed by atoms with van der Waals surface area (Å²) < 4.78 is 93.7. The highest BCUT2D eigenvalue weighted by Gasteiger charge is 2.42. The fourth-order valence-electron chi connectivity index (χ4n) is 3.70. The van der Waals surface area contributed by atoms with Gasteiger partial charge in [0.2, 0.25) is 11.8 Å². The van der Waals surface area contributed by atoms with Gasteiger partial charge in [-0.15, -0.1) is 11.8 Å². The van der Waals surface area contributed by atoms with Gasteiger partial charge in [0.05, 0.1) is 5.25 Å². The van der Waals surface area contributed by atoms with Crippen molar-refractivity contribution in [3.63, 3.8) is 0 Å². The molecular weight excluding hydrogens is 501 g/mol. The fraction of sp³-hybridized carbons (Fsp3) is 0.391. The number of thioether (sulfide) groups is 1. The van der Waals surface area contributed by atoms with E-state index in [9.17, 15) is 40.3 Å². The Morgan fingerprint density at radius 3 is 1.94 bits per heavy atom. The summed E-state index contributed by atoms with van der Waals surface area (Å²) in [5.74, 6) is -11.2. The van der Waals surface area contributed by atoms with E-state index < -0.39 is 51.9 Å². The first-order chi connectivity index (χ1) is 16.4. The zero-order valence-electron chi connectivity index (χ0n) is 18.4. The molecule has 190 valence electrons. The average molecular weight is 522 g/mol. The molecule has 35 heavy (non-hydrogen) atoms. The standard InChI is InChI=1S/C23H21F7N2O2S/c1-11(21(33)32-20-18(26)16(24)15(23(28,29)30)17(25)19(20)27)35-14-9-7-13(8-10-14)31-22(34)12-5-3-2-4-6-12/h7-12H,2-6H2,1H3,(H,31,34)(H,32,33). The second-order valence-corrected chi connectivity index (χ2v) is 9.52. The monoisotopic (exact) mass is 522 g/mol. The van der Waals surface area contributed by atoms with Crippen molar-refractivity contribution in [1.29, 1.82) is 0 Å². The van der Waals surface area contributed by atoms with Crippen LogP contribution >= 0.6 is 11.8 Å². The maximum atomic E-state index is 14.0. The number of alkyl halides is 3. The van der Waals surface area contributed by atoms with Gasteiger partial charge in [0.25, 0.3) is 0 Å². The molecule has 0 aromatic heterocycles. The van der Waals surface area contributed by atoms with Crippen LogP contribution in [0.5, 0.6) is 0 Å². The summed E-state index contributed by atoms with van der Waals surface area (Å²) in [6.45, 7) is 1.32. The van der Waals surface area contributed by atoms with Crippen molar-refractivity contribution >= 4 is 35.0 Å². The molecule has 1 saturated carbocycles. The van der Waals surface area contributed by atoms with Crippen LogP contribution in [0.1, 0.15) is 44.6 Å². The van der Waals surface area contributed by atoms with Gasteiger partial charge >= 0.3 is 6.18 Å². The van der Waals surface area contributed by atoms with E-state index in [2.05, 4.69) is 5.32 Å². The molecule has 1 aliphatic carbocycles. The van der Waals surface area contributed by atoms with E-state index >= 15 is 0 Å². The van der Waals surface area contributed by atoms with Crippen LogP contribution < -0.4 is 10.6 Å². The molecule has 2 N–H and O–H groups in total. The van der Waals surface area contributed by atoms with Crippen molar-refractivity contribution < 1.29 is 40.3 Å². The quantitative estimate of drug-likeness (QED) is 0.247. The van der Waals surface area contributed by atoms with E-state index in [0.717, 1.165) is 43.9 Å². The molecule has 0 radical (unpaired) electrons. The molecule has 2 amide bonds. The summed E-state index contributed by atoms with van der Waals surface area (Å²) in [6.07, 6.45) is -0.881. The van der Waals surface area contributed by atoms with E-state index in [4.69, 9.17) is 0 Å². The van der Waals surface area contributed by atoms with Gasteiger partial charge in [0.1, 0.15) is 11.3 Å². The largest absolute Gasteiger partial charge is 0.422 e. The highest BCUT2D eigenvalue weighted by Crippen LogP contribution is 2.38. The van der Waals surface area contributed by atoms with Crippen LogP contribution in [-0.4, -0.2) is 17.1 Å². The van der Waals surface area contributed by atoms with Crippen molar-refractivity contribution in [1.82, 2.24) is 0 Å². The van der Waals surface area contributed by atoms with Gasteiger partial charge in [-0.3, -0.25) is 9.59 Å². The molecule has 4 nitrogen and oxygen atoms in total. The Labute approximate surface area is 200 Å². The highest BCUT2D eigenvalue weighted by molar-refractivity contribution is 8.00. The first kappa shape index (κ1) is 26.8. The Balaban J connectivity index is 1.65. The van der Waals surface area contributed by atoms with Crippen molar-refractivity contribution in [2.24, 2.45) is 5.92 Å². The number of hydrogen-bond donors (Lipinski definition) is 2. The molecule has 2 aromatic rings. The van der Waals surface area contributed by atoms with Gasteiger partial charge in [-0.1, -0.05) is 19.3 Å². The number of hydrogen-bond acceptors (Lipinski definition) is 3. The van der Waals surface area contributed by atoms with Gasteiger partial charge in [-0.25, -0.2) is 17.6 Å². The molecular formula is C23H21F7N2O2S. The maximum absolute atomic E-state index is 14.0. The number of rotatable bonds is 6. The molecule has 2 aromatic carbocycles. The number of carbonyl (C=O) groups is 2. The SMILES string of the molecule is CC(Sc1ccc(NC(=O)C2CCCCC2)cc1)C(=O)Nc1c(F)c(F)c(C(F)(F)F)c(F)c1F. The van der Waals surface area contributed by atoms with Crippen LogP contribution in [0.25, 0.3) is 0 Å². The van der Waals surface area contributed by atoms with E-state index in [1.54, 1.807) is 29.6 Å². The third kappa shape index (κ3) is 6.28. The summed E-state index contributed by atoms with van der Waals surface area (Å²) in [6, 6.07) is 6.38. The molecule has 0 saturated heterocycles. The molecule has 12 heteroatoms.